The lowest BCUT2D eigenvalue weighted by molar-refractivity contribution is 0.253. The number of nitrogen functional groups attached to an aromatic ring is 1. The molecule has 0 aliphatic heterocycles. The highest BCUT2D eigenvalue weighted by atomic mass is 32.2. The van der Waals surface area contributed by atoms with Gasteiger partial charge in [0.2, 0.25) is 0 Å². The second-order valence-electron chi connectivity index (χ2n) is 3.43. The van der Waals surface area contributed by atoms with Gasteiger partial charge in [0.1, 0.15) is 4.90 Å². The molecule has 1 heterocycles. The minimum atomic E-state index is -3.95. The van der Waals surface area contributed by atoms with Gasteiger partial charge in [-0.25, -0.2) is 17.9 Å². The van der Waals surface area contributed by atoms with Gasteiger partial charge in [-0.3, -0.25) is 0 Å². The topological polar surface area (TPSA) is 131 Å². The summed E-state index contributed by atoms with van der Waals surface area (Å²) in [4.78, 5) is 13.3. The molecule has 0 spiro atoms. The van der Waals surface area contributed by atoms with Gasteiger partial charge >= 0.3 is 6.03 Å². The average molecular weight is 254 g/mol. The summed E-state index contributed by atoms with van der Waals surface area (Å²) >= 11 is 0. The summed E-state index contributed by atoms with van der Waals surface area (Å²) in [7, 11) is -3.95. The number of nitrogens with one attached hydrogen (secondary N) is 2. The molecule has 1 aromatic heterocycles. The smallest absolute Gasteiger partial charge is 0.326 e. The van der Waals surface area contributed by atoms with Gasteiger partial charge in [-0.1, -0.05) is 0 Å². The number of sulfonamides is 1. The number of amides is 2. The highest BCUT2D eigenvalue weighted by molar-refractivity contribution is 7.90. The molecule has 2 amide bonds. The number of carbonyl (C=O) groups excluding carboxylic acids is 1. The highest BCUT2D eigenvalue weighted by Gasteiger charge is 2.20. The lowest BCUT2D eigenvalue weighted by Gasteiger charge is -2.02. The number of nitrogens with two attached hydrogens (primary N) is 2. The maximum atomic E-state index is 11.7. The van der Waals surface area contributed by atoms with Crippen LogP contribution in [0.15, 0.2) is 29.3 Å². The maximum absolute atomic E-state index is 11.7. The summed E-state index contributed by atoms with van der Waals surface area (Å²) in [6, 6.07) is 3.59. The minimum absolute atomic E-state index is 0.0497. The van der Waals surface area contributed by atoms with Crippen molar-refractivity contribution in [2.24, 2.45) is 5.73 Å². The second-order valence-corrected chi connectivity index (χ2v) is 5.08. The van der Waals surface area contributed by atoms with Gasteiger partial charge in [0.25, 0.3) is 10.0 Å². The summed E-state index contributed by atoms with van der Waals surface area (Å²) in [5, 5.41) is 0.438. The van der Waals surface area contributed by atoms with Crippen molar-refractivity contribution in [1.29, 1.82) is 0 Å². The van der Waals surface area contributed by atoms with Crippen molar-refractivity contribution in [3.05, 3.63) is 24.4 Å². The van der Waals surface area contributed by atoms with Gasteiger partial charge in [0.05, 0.1) is 0 Å². The van der Waals surface area contributed by atoms with Gasteiger partial charge in [-0.15, -0.1) is 0 Å². The number of hydrogen-bond donors (Lipinski definition) is 4. The Morgan fingerprint density at radius 3 is 2.71 bits per heavy atom. The summed E-state index contributed by atoms with van der Waals surface area (Å²) in [5.74, 6) is 0. The zero-order chi connectivity index (χ0) is 12.6. The molecule has 0 fully saturated rings. The molecule has 2 rings (SSSR count). The fourth-order valence-corrected chi connectivity index (χ4v) is 2.58. The van der Waals surface area contributed by atoms with Crippen molar-refractivity contribution in [2.75, 3.05) is 5.73 Å². The molecule has 6 N–H and O–H groups in total. The van der Waals surface area contributed by atoms with Crippen LogP contribution in [0.25, 0.3) is 10.9 Å². The predicted molar refractivity (Wildman–Crippen MR) is 62.6 cm³/mol. The number of urea groups is 1. The van der Waals surface area contributed by atoms with E-state index < -0.39 is 16.1 Å². The van der Waals surface area contributed by atoms with Gasteiger partial charge in [-0.2, -0.15) is 0 Å². The first-order valence-corrected chi connectivity index (χ1v) is 6.07. The van der Waals surface area contributed by atoms with Gasteiger partial charge in [0, 0.05) is 22.8 Å². The van der Waals surface area contributed by atoms with E-state index in [0.29, 0.717) is 16.6 Å². The number of primary amides is 1. The second kappa shape index (κ2) is 3.67. The third-order valence-corrected chi connectivity index (χ3v) is 3.58. The third-order valence-electron chi connectivity index (χ3n) is 2.19. The minimum Gasteiger partial charge on any atom is -0.399 e. The van der Waals surface area contributed by atoms with E-state index in [2.05, 4.69) is 4.98 Å². The van der Waals surface area contributed by atoms with E-state index >= 15 is 0 Å². The van der Waals surface area contributed by atoms with Crippen molar-refractivity contribution in [3.63, 3.8) is 0 Å². The first kappa shape index (κ1) is 11.3. The highest BCUT2D eigenvalue weighted by Crippen LogP contribution is 2.24. The van der Waals surface area contributed by atoms with E-state index in [4.69, 9.17) is 11.5 Å². The molecule has 0 bridgehead atoms. The largest absolute Gasteiger partial charge is 0.399 e. The average Bonchev–Trinajstić information content (AvgIpc) is 2.58. The molecule has 2 aromatic rings. The van der Waals surface area contributed by atoms with Crippen molar-refractivity contribution in [2.45, 2.75) is 4.90 Å². The third kappa shape index (κ3) is 2.02. The fraction of sp³-hybridized carbons (Fsp3) is 0. The number of carbonyl (C=O) groups is 1. The zero-order valence-corrected chi connectivity index (χ0v) is 9.41. The van der Waals surface area contributed by atoms with Gasteiger partial charge in [-0.05, 0) is 18.2 Å². The van der Waals surface area contributed by atoms with Crippen molar-refractivity contribution >= 4 is 32.6 Å². The summed E-state index contributed by atoms with van der Waals surface area (Å²) in [6.45, 7) is 0. The van der Waals surface area contributed by atoms with Crippen LogP contribution in [0.5, 0.6) is 0 Å². The van der Waals surface area contributed by atoms with Crippen LogP contribution in [0.1, 0.15) is 0 Å². The van der Waals surface area contributed by atoms with E-state index in [-0.39, 0.29) is 4.90 Å². The Morgan fingerprint density at radius 1 is 1.35 bits per heavy atom. The quantitative estimate of drug-likeness (QED) is 0.566. The van der Waals surface area contributed by atoms with Crippen LogP contribution in [0, 0.1) is 0 Å². The number of benzene rings is 1. The summed E-state index contributed by atoms with van der Waals surface area (Å²) in [5.41, 5.74) is 11.4. The SMILES string of the molecule is NC(=O)NS(=O)(=O)c1c[nH]c2cc(N)ccc12. The Kier molecular flexibility index (Phi) is 2.43. The Balaban J connectivity index is 2.61. The fourth-order valence-electron chi connectivity index (χ4n) is 1.53. The number of hydrogen-bond acceptors (Lipinski definition) is 4. The van der Waals surface area contributed by atoms with Crippen LogP contribution >= 0.6 is 0 Å². The molecule has 0 atom stereocenters. The molecule has 7 nitrogen and oxygen atoms in total. The van der Waals surface area contributed by atoms with Crippen LogP contribution in [-0.4, -0.2) is 19.4 Å². The van der Waals surface area contributed by atoms with Crippen LogP contribution in [0.2, 0.25) is 0 Å². The number of aromatic nitrogens is 1. The molecule has 0 unspecified atom stereocenters. The van der Waals surface area contributed by atoms with Crippen LogP contribution in [-0.2, 0) is 10.0 Å². The van der Waals surface area contributed by atoms with Crippen LogP contribution < -0.4 is 16.2 Å². The van der Waals surface area contributed by atoms with E-state index in [0.717, 1.165) is 0 Å². The van der Waals surface area contributed by atoms with Crippen molar-refractivity contribution in [3.8, 4) is 0 Å². The Bertz CT molecular complexity index is 689. The molecule has 17 heavy (non-hydrogen) atoms. The number of anilines is 1. The zero-order valence-electron chi connectivity index (χ0n) is 8.60. The molecule has 0 aliphatic rings. The normalized spacial score (nSPS) is 11.5. The molecule has 0 saturated carbocycles. The molecule has 90 valence electrons. The molecule has 0 radical (unpaired) electrons. The lowest BCUT2D eigenvalue weighted by Crippen LogP contribution is -2.34. The summed E-state index contributed by atoms with van der Waals surface area (Å²) < 4.78 is 25.2. The Hall–Kier alpha value is -2.22. The standard InChI is InChI=1S/C9H10N4O3S/c10-5-1-2-6-7(3-5)12-4-8(6)17(15,16)13-9(11)14/h1-4,12H,10H2,(H3,11,13,14). The number of aromatic amines is 1. The number of fused-ring (bicyclic) bond motifs is 1. The molecule has 0 aliphatic carbocycles. The van der Waals surface area contributed by atoms with E-state index in [1.165, 1.54) is 6.20 Å². The number of H-pyrrole nitrogens is 1. The molecular formula is C9H10N4O3S. The summed E-state index contributed by atoms with van der Waals surface area (Å²) in [6.07, 6.45) is 1.27. The Morgan fingerprint density at radius 2 is 2.06 bits per heavy atom. The van der Waals surface area contributed by atoms with Crippen molar-refractivity contribution in [1.82, 2.24) is 9.71 Å². The molecule has 0 saturated heterocycles. The molecule has 8 heteroatoms. The molecule has 1 aromatic carbocycles. The monoisotopic (exact) mass is 254 g/mol. The van der Waals surface area contributed by atoms with Crippen molar-refractivity contribution < 1.29 is 13.2 Å². The molecular weight excluding hydrogens is 244 g/mol. The van der Waals surface area contributed by atoms with Crippen LogP contribution in [0.4, 0.5) is 10.5 Å². The Labute approximate surface area is 96.8 Å². The van der Waals surface area contributed by atoms with Crippen LogP contribution in [0.3, 0.4) is 0 Å². The van der Waals surface area contributed by atoms with Gasteiger partial charge in [0.15, 0.2) is 0 Å². The maximum Gasteiger partial charge on any atom is 0.326 e. The van der Waals surface area contributed by atoms with Gasteiger partial charge < -0.3 is 16.5 Å². The lowest BCUT2D eigenvalue weighted by atomic mass is 10.2. The predicted octanol–water partition coefficient (Wildman–Crippen LogP) is 0.107. The first-order chi connectivity index (χ1) is 7.90. The van der Waals surface area contributed by atoms with E-state index in [1.54, 1.807) is 22.9 Å². The first-order valence-electron chi connectivity index (χ1n) is 4.59. The number of rotatable bonds is 2. The van der Waals surface area contributed by atoms with E-state index in [1.807, 2.05) is 0 Å². The van der Waals surface area contributed by atoms with E-state index in [9.17, 15) is 13.2 Å².